The Morgan fingerprint density at radius 3 is 2.65 bits per heavy atom. The zero-order valence-corrected chi connectivity index (χ0v) is 14.2. The summed E-state index contributed by atoms with van der Waals surface area (Å²) < 4.78 is 1.94. The largest absolute Gasteiger partial charge is 0.349 e. The summed E-state index contributed by atoms with van der Waals surface area (Å²) in [5, 5.41) is 1.08. The van der Waals surface area contributed by atoms with Crippen LogP contribution in [0.3, 0.4) is 0 Å². The molecule has 0 saturated carbocycles. The fraction of sp³-hybridized carbons (Fsp3) is 0.444. The average Bonchev–Trinajstić information content (AvgIpc) is 3.11. The predicted molar refractivity (Wildman–Crippen MR) is 90.4 cm³/mol. The molecule has 1 aliphatic rings. The van der Waals surface area contributed by atoms with Gasteiger partial charge in [-0.25, -0.2) is 0 Å². The lowest BCUT2D eigenvalue weighted by Gasteiger charge is -2.18. The molecule has 2 heterocycles. The molecular weight excluding hydrogens is 290 g/mol. The Bertz CT molecular complexity index is 776. The normalized spacial score (nSPS) is 17.7. The van der Waals surface area contributed by atoms with Crippen molar-refractivity contribution in [2.24, 2.45) is 13.0 Å². The summed E-state index contributed by atoms with van der Waals surface area (Å²) in [4.78, 5) is 28.3. The fourth-order valence-electron chi connectivity index (χ4n) is 3.35. The van der Waals surface area contributed by atoms with Gasteiger partial charge in [0.05, 0.1) is 5.92 Å². The second-order valence-corrected chi connectivity index (χ2v) is 6.62. The first-order valence-corrected chi connectivity index (χ1v) is 7.95. The standard InChI is InChI=1S/C18H23N3O2/c1-12-5-6-15-14(9-12)10-16(20(15)4)18(23)21-8-7-13(11-21)17(22)19(2)3/h5-6,9-10,13H,7-8,11H2,1-4H3. The van der Waals surface area contributed by atoms with Crippen LogP contribution < -0.4 is 0 Å². The number of amides is 2. The number of aryl methyl sites for hydroxylation is 2. The molecule has 5 nitrogen and oxygen atoms in total. The van der Waals surface area contributed by atoms with E-state index in [0.29, 0.717) is 18.8 Å². The number of benzene rings is 1. The molecule has 3 rings (SSSR count). The molecule has 1 saturated heterocycles. The number of carbonyl (C=O) groups excluding carboxylic acids is 2. The van der Waals surface area contributed by atoms with Crippen LogP contribution in [0.15, 0.2) is 24.3 Å². The fourth-order valence-corrected chi connectivity index (χ4v) is 3.35. The lowest BCUT2D eigenvalue weighted by atomic mass is 10.1. The van der Waals surface area contributed by atoms with Crippen molar-refractivity contribution in [3.05, 3.63) is 35.5 Å². The van der Waals surface area contributed by atoms with E-state index in [0.717, 1.165) is 17.3 Å². The molecule has 0 radical (unpaired) electrons. The quantitative estimate of drug-likeness (QED) is 0.852. The smallest absolute Gasteiger partial charge is 0.270 e. The zero-order valence-electron chi connectivity index (χ0n) is 14.2. The number of nitrogens with zero attached hydrogens (tertiary/aromatic N) is 3. The average molecular weight is 313 g/mol. The SMILES string of the molecule is Cc1ccc2c(c1)cc(C(=O)N1CCC(C(=O)N(C)C)C1)n2C. The van der Waals surface area contributed by atoms with Crippen molar-refractivity contribution in [2.75, 3.05) is 27.2 Å². The van der Waals surface area contributed by atoms with Gasteiger partial charge in [0, 0.05) is 45.1 Å². The van der Waals surface area contributed by atoms with Gasteiger partial charge in [-0.2, -0.15) is 0 Å². The number of hydrogen-bond donors (Lipinski definition) is 0. The van der Waals surface area contributed by atoms with Gasteiger partial charge in [0.15, 0.2) is 0 Å². The Kier molecular flexibility index (Phi) is 3.88. The lowest BCUT2D eigenvalue weighted by Crippen LogP contribution is -2.34. The first-order chi connectivity index (χ1) is 10.9. The summed E-state index contributed by atoms with van der Waals surface area (Å²) in [6.07, 6.45) is 0.742. The minimum Gasteiger partial charge on any atom is -0.349 e. The second-order valence-electron chi connectivity index (χ2n) is 6.62. The molecule has 1 fully saturated rings. The van der Waals surface area contributed by atoms with Crippen molar-refractivity contribution in [2.45, 2.75) is 13.3 Å². The van der Waals surface area contributed by atoms with Gasteiger partial charge in [0.25, 0.3) is 5.91 Å². The van der Waals surface area contributed by atoms with Crippen molar-refractivity contribution in [1.82, 2.24) is 14.4 Å². The Morgan fingerprint density at radius 2 is 1.96 bits per heavy atom. The Morgan fingerprint density at radius 1 is 1.22 bits per heavy atom. The van der Waals surface area contributed by atoms with Crippen LogP contribution in [0.4, 0.5) is 0 Å². The zero-order chi connectivity index (χ0) is 16.7. The van der Waals surface area contributed by atoms with Crippen LogP contribution in [-0.2, 0) is 11.8 Å². The van der Waals surface area contributed by atoms with Gasteiger partial charge in [-0.3, -0.25) is 9.59 Å². The van der Waals surface area contributed by atoms with E-state index in [1.54, 1.807) is 23.9 Å². The maximum Gasteiger partial charge on any atom is 0.270 e. The van der Waals surface area contributed by atoms with E-state index in [1.165, 1.54) is 5.56 Å². The topological polar surface area (TPSA) is 45.6 Å². The molecule has 0 aliphatic carbocycles. The predicted octanol–water partition coefficient (Wildman–Crippen LogP) is 2.04. The Labute approximate surface area is 136 Å². The van der Waals surface area contributed by atoms with E-state index in [4.69, 9.17) is 0 Å². The summed E-state index contributed by atoms with van der Waals surface area (Å²) >= 11 is 0. The third-order valence-corrected chi connectivity index (χ3v) is 4.68. The number of hydrogen-bond acceptors (Lipinski definition) is 2. The Hall–Kier alpha value is -2.30. The molecule has 0 N–H and O–H groups in total. The van der Waals surface area contributed by atoms with Crippen LogP contribution in [0.5, 0.6) is 0 Å². The summed E-state index contributed by atoms with van der Waals surface area (Å²) in [5.41, 5.74) is 2.92. The van der Waals surface area contributed by atoms with E-state index >= 15 is 0 Å². The van der Waals surface area contributed by atoms with E-state index in [-0.39, 0.29) is 17.7 Å². The molecule has 1 aliphatic heterocycles. The molecule has 1 atom stereocenters. The maximum atomic E-state index is 12.8. The molecule has 1 aromatic carbocycles. The van der Waals surface area contributed by atoms with Gasteiger partial charge >= 0.3 is 0 Å². The number of likely N-dealkylation sites (tertiary alicyclic amines) is 1. The Balaban J connectivity index is 1.84. The molecule has 1 unspecified atom stereocenters. The van der Waals surface area contributed by atoms with E-state index in [1.807, 2.05) is 30.7 Å². The van der Waals surface area contributed by atoms with Crippen molar-refractivity contribution >= 4 is 22.7 Å². The third kappa shape index (κ3) is 2.71. The molecule has 5 heteroatoms. The highest BCUT2D eigenvalue weighted by Crippen LogP contribution is 2.24. The summed E-state index contributed by atoms with van der Waals surface area (Å²) in [5.74, 6) is 0.0363. The van der Waals surface area contributed by atoms with Gasteiger partial charge in [-0.05, 0) is 31.5 Å². The van der Waals surface area contributed by atoms with Crippen molar-refractivity contribution in [3.63, 3.8) is 0 Å². The van der Waals surface area contributed by atoms with Crippen LogP contribution in [-0.4, -0.2) is 53.4 Å². The molecule has 0 spiro atoms. The second kappa shape index (κ2) is 5.72. The van der Waals surface area contributed by atoms with Gasteiger partial charge < -0.3 is 14.4 Å². The molecule has 122 valence electrons. The summed E-state index contributed by atoms with van der Waals surface area (Å²) in [6.45, 7) is 3.20. The molecule has 0 bridgehead atoms. The minimum absolute atomic E-state index is 0.00964. The molecule has 1 aromatic heterocycles. The van der Waals surface area contributed by atoms with Crippen LogP contribution in [0, 0.1) is 12.8 Å². The number of aromatic nitrogens is 1. The van der Waals surface area contributed by atoms with Gasteiger partial charge in [0.2, 0.25) is 5.91 Å². The number of carbonyl (C=O) groups is 2. The molecule has 2 aromatic rings. The van der Waals surface area contributed by atoms with E-state index < -0.39 is 0 Å². The van der Waals surface area contributed by atoms with Crippen molar-refractivity contribution in [3.8, 4) is 0 Å². The highest BCUT2D eigenvalue weighted by molar-refractivity contribution is 5.99. The van der Waals surface area contributed by atoms with Crippen LogP contribution in [0.2, 0.25) is 0 Å². The molecular formula is C18H23N3O2. The molecule has 23 heavy (non-hydrogen) atoms. The number of rotatable bonds is 2. The highest BCUT2D eigenvalue weighted by atomic mass is 16.2. The lowest BCUT2D eigenvalue weighted by molar-refractivity contribution is -0.132. The van der Waals surface area contributed by atoms with Gasteiger partial charge in [0.1, 0.15) is 5.69 Å². The molecule has 2 amide bonds. The van der Waals surface area contributed by atoms with Crippen molar-refractivity contribution < 1.29 is 9.59 Å². The first-order valence-electron chi connectivity index (χ1n) is 7.95. The summed E-state index contributed by atoms with van der Waals surface area (Å²) in [6, 6.07) is 8.14. The van der Waals surface area contributed by atoms with Crippen molar-refractivity contribution in [1.29, 1.82) is 0 Å². The maximum absolute atomic E-state index is 12.8. The van der Waals surface area contributed by atoms with Gasteiger partial charge in [-0.15, -0.1) is 0 Å². The third-order valence-electron chi connectivity index (χ3n) is 4.68. The van der Waals surface area contributed by atoms with E-state index in [9.17, 15) is 9.59 Å². The van der Waals surface area contributed by atoms with Crippen LogP contribution in [0.25, 0.3) is 10.9 Å². The van der Waals surface area contributed by atoms with Gasteiger partial charge in [-0.1, -0.05) is 11.6 Å². The highest BCUT2D eigenvalue weighted by Gasteiger charge is 2.33. The first kappa shape index (κ1) is 15.6. The van der Waals surface area contributed by atoms with Crippen LogP contribution in [0.1, 0.15) is 22.5 Å². The van der Waals surface area contributed by atoms with Crippen LogP contribution >= 0.6 is 0 Å². The minimum atomic E-state index is -0.0779. The summed E-state index contributed by atoms with van der Waals surface area (Å²) in [7, 11) is 5.45. The monoisotopic (exact) mass is 313 g/mol. The van der Waals surface area contributed by atoms with E-state index in [2.05, 4.69) is 12.1 Å². The number of fused-ring (bicyclic) bond motifs is 1.